The first-order chi connectivity index (χ1) is 13.6. The Morgan fingerprint density at radius 2 is 1.61 bits per heavy atom. The molecule has 2 aromatic carbocycles. The highest BCUT2D eigenvalue weighted by Gasteiger charge is 2.21. The molecule has 1 aliphatic rings. The normalized spacial score (nSPS) is 19.0. The average molecular weight is 380 g/mol. The molecule has 1 saturated carbocycles. The number of ether oxygens (including phenoxy) is 1. The van der Waals surface area contributed by atoms with E-state index in [1.165, 1.54) is 19.3 Å². The van der Waals surface area contributed by atoms with Crippen LogP contribution < -0.4 is 10.6 Å². The number of nitrogens with one attached hydrogen (secondary N) is 2. The summed E-state index contributed by atoms with van der Waals surface area (Å²) in [6.07, 6.45) is 5.18. The summed E-state index contributed by atoms with van der Waals surface area (Å²) in [5.74, 6) is 0.288. The summed E-state index contributed by atoms with van der Waals surface area (Å²) in [4.78, 5) is 24.4. The van der Waals surface area contributed by atoms with E-state index in [-0.39, 0.29) is 11.8 Å². The number of rotatable bonds is 7. The van der Waals surface area contributed by atoms with Gasteiger partial charge in [0.25, 0.3) is 11.8 Å². The second-order valence-electron chi connectivity index (χ2n) is 7.32. The van der Waals surface area contributed by atoms with Crippen molar-refractivity contribution in [2.75, 3.05) is 18.5 Å². The van der Waals surface area contributed by atoms with Crippen molar-refractivity contribution in [3.63, 3.8) is 0 Å². The number of amides is 2. The van der Waals surface area contributed by atoms with E-state index in [1.807, 2.05) is 18.2 Å². The van der Waals surface area contributed by atoms with Crippen molar-refractivity contribution in [3.8, 4) is 0 Å². The Morgan fingerprint density at radius 1 is 0.929 bits per heavy atom. The van der Waals surface area contributed by atoms with Crippen molar-refractivity contribution < 1.29 is 14.3 Å². The third kappa shape index (κ3) is 5.67. The Bertz CT molecular complexity index is 774. The SMILES string of the molecule is CC1CCCCC1OCCNC(=O)c1ccc(NC(=O)c2ccccc2)cc1. The zero-order valence-electron chi connectivity index (χ0n) is 16.3. The van der Waals surface area contributed by atoms with Crippen molar-refractivity contribution in [2.24, 2.45) is 5.92 Å². The predicted octanol–water partition coefficient (Wildman–Crippen LogP) is 4.26. The smallest absolute Gasteiger partial charge is 0.255 e. The van der Waals surface area contributed by atoms with Gasteiger partial charge in [0.05, 0.1) is 12.7 Å². The summed E-state index contributed by atoms with van der Waals surface area (Å²) >= 11 is 0. The van der Waals surface area contributed by atoms with Crippen LogP contribution in [0.2, 0.25) is 0 Å². The summed E-state index contributed by atoms with van der Waals surface area (Å²) in [6, 6.07) is 15.9. The molecule has 0 aliphatic heterocycles. The van der Waals surface area contributed by atoms with Gasteiger partial charge in [0.15, 0.2) is 0 Å². The minimum Gasteiger partial charge on any atom is -0.376 e. The Balaban J connectivity index is 1.42. The van der Waals surface area contributed by atoms with Gasteiger partial charge in [-0.1, -0.05) is 38.0 Å². The topological polar surface area (TPSA) is 67.4 Å². The molecule has 0 bridgehead atoms. The molecule has 3 rings (SSSR count). The second-order valence-corrected chi connectivity index (χ2v) is 7.32. The largest absolute Gasteiger partial charge is 0.376 e. The summed E-state index contributed by atoms with van der Waals surface area (Å²) in [5.41, 5.74) is 1.81. The van der Waals surface area contributed by atoms with E-state index in [9.17, 15) is 9.59 Å². The van der Waals surface area contributed by atoms with E-state index in [0.717, 1.165) is 6.42 Å². The minimum absolute atomic E-state index is 0.138. The standard InChI is InChI=1S/C23H28N2O3/c1-17-7-5-6-10-21(17)28-16-15-24-22(26)19-11-13-20(14-12-19)25-23(27)18-8-3-2-4-9-18/h2-4,8-9,11-14,17,21H,5-7,10,15-16H2,1H3,(H,24,26)(H,25,27). The predicted molar refractivity (Wildman–Crippen MR) is 111 cm³/mol. The lowest BCUT2D eigenvalue weighted by Crippen LogP contribution is -2.31. The molecule has 2 unspecified atom stereocenters. The van der Waals surface area contributed by atoms with Crippen LogP contribution in [0.4, 0.5) is 5.69 Å². The monoisotopic (exact) mass is 380 g/mol. The van der Waals surface area contributed by atoms with Crippen LogP contribution in [0.3, 0.4) is 0 Å². The van der Waals surface area contributed by atoms with E-state index in [4.69, 9.17) is 4.74 Å². The lowest BCUT2D eigenvalue weighted by Gasteiger charge is -2.28. The fourth-order valence-corrected chi connectivity index (χ4v) is 3.50. The van der Waals surface area contributed by atoms with Crippen LogP contribution in [-0.2, 0) is 4.74 Å². The molecule has 0 heterocycles. The van der Waals surface area contributed by atoms with E-state index in [0.29, 0.717) is 42.0 Å². The average Bonchev–Trinajstić information content (AvgIpc) is 2.73. The molecular weight excluding hydrogens is 352 g/mol. The molecule has 1 aliphatic carbocycles. The van der Waals surface area contributed by atoms with Crippen molar-refractivity contribution >= 4 is 17.5 Å². The Kier molecular flexibility index (Phi) is 7.20. The highest BCUT2D eigenvalue weighted by atomic mass is 16.5. The molecule has 5 nitrogen and oxygen atoms in total. The van der Waals surface area contributed by atoms with Gasteiger partial charge in [0.2, 0.25) is 0 Å². The molecule has 1 fully saturated rings. The van der Waals surface area contributed by atoms with Gasteiger partial charge in [-0.05, 0) is 55.2 Å². The fourth-order valence-electron chi connectivity index (χ4n) is 3.50. The first-order valence-electron chi connectivity index (χ1n) is 10.00. The number of anilines is 1. The van der Waals surface area contributed by atoms with Gasteiger partial charge in [-0.2, -0.15) is 0 Å². The van der Waals surface area contributed by atoms with Gasteiger partial charge in [-0.25, -0.2) is 0 Å². The van der Waals surface area contributed by atoms with Crippen LogP contribution in [0.1, 0.15) is 53.3 Å². The van der Waals surface area contributed by atoms with E-state index >= 15 is 0 Å². The zero-order chi connectivity index (χ0) is 19.8. The number of carbonyl (C=O) groups excluding carboxylic acids is 2. The van der Waals surface area contributed by atoms with E-state index < -0.39 is 0 Å². The van der Waals surface area contributed by atoms with Crippen molar-refractivity contribution in [3.05, 3.63) is 65.7 Å². The summed E-state index contributed by atoms with van der Waals surface area (Å²) in [7, 11) is 0. The Morgan fingerprint density at radius 3 is 2.32 bits per heavy atom. The third-order valence-corrected chi connectivity index (χ3v) is 5.19. The van der Waals surface area contributed by atoms with Crippen LogP contribution in [0, 0.1) is 5.92 Å². The lowest BCUT2D eigenvalue weighted by atomic mass is 9.88. The van der Waals surface area contributed by atoms with Gasteiger partial charge in [0, 0.05) is 23.4 Å². The summed E-state index contributed by atoms with van der Waals surface area (Å²) < 4.78 is 5.92. The molecule has 0 aromatic heterocycles. The second kappa shape index (κ2) is 10.0. The van der Waals surface area contributed by atoms with Gasteiger partial charge >= 0.3 is 0 Å². The summed E-state index contributed by atoms with van der Waals surface area (Å²) in [6.45, 7) is 3.26. The molecule has 0 radical (unpaired) electrons. The highest BCUT2D eigenvalue weighted by Crippen LogP contribution is 2.26. The molecule has 2 N–H and O–H groups in total. The van der Waals surface area contributed by atoms with Gasteiger partial charge in [0.1, 0.15) is 0 Å². The maximum Gasteiger partial charge on any atom is 0.255 e. The number of benzene rings is 2. The van der Waals surface area contributed by atoms with Gasteiger partial charge in [-0.15, -0.1) is 0 Å². The lowest BCUT2D eigenvalue weighted by molar-refractivity contribution is -0.00293. The van der Waals surface area contributed by atoms with Crippen LogP contribution in [0.15, 0.2) is 54.6 Å². The highest BCUT2D eigenvalue weighted by molar-refractivity contribution is 6.04. The van der Waals surface area contributed by atoms with Crippen molar-refractivity contribution in [1.29, 1.82) is 0 Å². The molecular formula is C23H28N2O3. The fraction of sp³-hybridized carbons (Fsp3) is 0.391. The number of hydrogen-bond donors (Lipinski definition) is 2. The first kappa shape index (κ1) is 20.1. The number of carbonyl (C=O) groups is 2. The Hall–Kier alpha value is -2.66. The van der Waals surface area contributed by atoms with Gasteiger partial charge < -0.3 is 15.4 Å². The maximum absolute atomic E-state index is 12.3. The molecule has 148 valence electrons. The Labute approximate surface area is 166 Å². The molecule has 2 aromatic rings. The molecule has 0 saturated heterocycles. The molecule has 5 heteroatoms. The quantitative estimate of drug-likeness (QED) is 0.705. The van der Waals surface area contributed by atoms with Crippen molar-refractivity contribution in [2.45, 2.75) is 38.7 Å². The first-order valence-corrected chi connectivity index (χ1v) is 10.00. The number of hydrogen-bond acceptors (Lipinski definition) is 3. The van der Waals surface area contributed by atoms with Crippen LogP contribution >= 0.6 is 0 Å². The van der Waals surface area contributed by atoms with Crippen LogP contribution in [-0.4, -0.2) is 31.1 Å². The van der Waals surface area contributed by atoms with Crippen molar-refractivity contribution in [1.82, 2.24) is 5.32 Å². The maximum atomic E-state index is 12.3. The van der Waals surface area contributed by atoms with Crippen LogP contribution in [0.5, 0.6) is 0 Å². The molecule has 2 amide bonds. The molecule has 0 spiro atoms. The summed E-state index contributed by atoms with van der Waals surface area (Å²) in [5, 5.41) is 5.71. The zero-order valence-corrected chi connectivity index (χ0v) is 16.3. The van der Waals surface area contributed by atoms with Gasteiger partial charge in [-0.3, -0.25) is 9.59 Å². The van der Waals surface area contributed by atoms with E-state index in [2.05, 4.69) is 17.6 Å². The van der Waals surface area contributed by atoms with Crippen LogP contribution in [0.25, 0.3) is 0 Å². The molecule has 2 atom stereocenters. The third-order valence-electron chi connectivity index (χ3n) is 5.19. The minimum atomic E-state index is -0.174. The molecule has 28 heavy (non-hydrogen) atoms. The van der Waals surface area contributed by atoms with E-state index in [1.54, 1.807) is 36.4 Å².